The Labute approximate surface area is 86.2 Å². The van der Waals surface area contributed by atoms with Gasteiger partial charge in [-0.2, -0.15) is 13.2 Å². The zero-order chi connectivity index (χ0) is 10.8. The van der Waals surface area contributed by atoms with Crippen molar-refractivity contribution >= 4 is 17.2 Å². The molecule has 0 aromatic heterocycles. The van der Waals surface area contributed by atoms with Crippen LogP contribution in [0.2, 0.25) is 0 Å². The number of alkyl halides is 3. The summed E-state index contributed by atoms with van der Waals surface area (Å²) in [5, 5.41) is 0. The summed E-state index contributed by atoms with van der Waals surface area (Å²) in [6.07, 6.45) is -2.05. The average Bonchev–Trinajstić information content (AvgIpc) is 2.77. The summed E-state index contributed by atoms with van der Waals surface area (Å²) >= 11 is 4.63. The number of halogens is 3. The molecule has 1 rings (SSSR count). The highest BCUT2D eigenvalue weighted by atomic mass is 32.1. The summed E-state index contributed by atoms with van der Waals surface area (Å²) in [7, 11) is 0. The molecule has 2 nitrogen and oxygen atoms in total. The van der Waals surface area contributed by atoms with Crippen molar-refractivity contribution < 1.29 is 13.2 Å². The fraction of sp³-hybridized carbons (Fsp3) is 0.875. The number of nitrogens with two attached hydrogens (primary N) is 1. The van der Waals surface area contributed by atoms with E-state index in [0.29, 0.717) is 13.0 Å². The molecule has 1 aliphatic rings. The third-order valence-corrected chi connectivity index (χ3v) is 2.30. The molecule has 1 aliphatic carbocycles. The molecule has 0 aliphatic heterocycles. The Morgan fingerprint density at radius 1 is 1.43 bits per heavy atom. The molecule has 0 aromatic rings. The lowest BCUT2D eigenvalue weighted by Gasteiger charge is -2.22. The van der Waals surface area contributed by atoms with Gasteiger partial charge in [0.15, 0.2) is 0 Å². The van der Waals surface area contributed by atoms with Crippen LogP contribution in [0, 0.1) is 0 Å². The minimum atomic E-state index is -4.13. The summed E-state index contributed by atoms with van der Waals surface area (Å²) in [6, 6.07) is 0.0889. The average molecular weight is 226 g/mol. The lowest BCUT2D eigenvalue weighted by Crippen LogP contribution is -2.37. The lowest BCUT2D eigenvalue weighted by atomic mass is 10.3. The van der Waals surface area contributed by atoms with Gasteiger partial charge in [0.05, 0.1) is 11.5 Å². The summed E-state index contributed by atoms with van der Waals surface area (Å²) in [5.74, 6) is 0. The Morgan fingerprint density at radius 3 is 2.36 bits per heavy atom. The molecule has 0 radical (unpaired) electrons. The van der Waals surface area contributed by atoms with Crippen LogP contribution < -0.4 is 5.73 Å². The van der Waals surface area contributed by atoms with E-state index in [1.165, 1.54) is 4.90 Å². The maximum absolute atomic E-state index is 12.1. The first-order valence-electron chi connectivity index (χ1n) is 4.47. The van der Waals surface area contributed by atoms with Crippen LogP contribution in [0.3, 0.4) is 0 Å². The van der Waals surface area contributed by atoms with Crippen molar-refractivity contribution in [2.45, 2.75) is 31.5 Å². The highest BCUT2D eigenvalue weighted by Crippen LogP contribution is 2.29. The number of rotatable bonds is 5. The molecule has 1 fully saturated rings. The van der Waals surface area contributed by atoms with E-state index in [1.807, 2.05) is 0 Å². The topological polar surface area (TPSA) is 29.3 Å². The molecule has 14 heavy (non-hydrogen) atoms. The van der Waals surface area contributed by atoms with Gasteiger partial charge in [-0.25, -0.2) is 0 Å². The first-order valence-corrected chi connectivity index (χ1v) is 4.88. The van der Waals surface area contributed by atoms with Crippen LogP contribution in [-0.2, 0) is 0 Å². The van der Waals surface area contributed by atoms with E-state index in [1.54, 1.807) is 0 Å². The van der Waals surface area contributed by atoms with E-state index >= 15 is 0 Å². The van der Waals surface area contributed by atoms with Crippen LogP contribution in [0.4, 0.5) is 13.2 Å². The second-order valence-electron chi connectivity index (χ2n) is 3.53. The Morgan fingerprint density at radius 2 is 2.00 bits per heavy atom. The summed E-state index contributed by atoms with van der Waals surface area (Å²) in [5.41, 5.74) is 5.25. The molecule has 0 unspecified atom stereocenters. The second kappa shape index (κ2) is 4.44. The zero-order valence-electron chi connectivity index (χ0n) is 7.68. The van der Waals surface area contributed by atoms with Crippen molar-refractivity contribution in [3.8, 4) is 0 Å². The molecular formula is C8H13F3N2S. The maximum atomic E-state index is 12.1. The van der Waals surface area contributed by atoms with Crippen LogP contribution in [0.1, 0.15) is 19.3 Å². The Bertz CT molecular complexity index is 213. The van der Waals surface area contributed by atoms with Gasteiger partial charge in [0.2, 0.25) is 0 Å². The molecule has 0 atom stereocenters. The number of hydrogen-bond donors (Lipinski definition) is 1. The normalized spacial score (nSPS) is 17.4. The maximum Gasteiger partial charge on any atom is 0.401 e. The van der Waals surface area contributed by atoms with Crippen molar-refractivity contribution in [1.29, 1.82) is 0 Å². The Hall–Kier alpha value is -0.360. The molecular weight excluding hydrogens is 213 g/mol. The molecule has 0 amide bonds. The molecule has 0 heterocycles. The zero-order valence-corrected chi connectivity index (χ0v) is 8.50. The van der Waals surface area contributed by atoms with Crippen LogP contribution in [0.5, 0.6) is 0 Å². The predicted molar refractivity (Wildman–Crippen MR) is 52.1 cm³/mol. The number of nitrogens with zero attached hydrogens (tertiary/aromatic N) is 1. The molecule has 2 N–H and O–H groups in total. The second-order valence-corrected chi connectivity index (χ2v) is 4.06. The van der Waals surface area contributed by atoms with Gasteiger partial charge in [-0.05, 0) is 12.8 Å². The van der Waals surface area contributed by atoms with Crippen molar-refractivity contribution in [2.75, 3.05) is 13.1 Å². The van der Waals surface area contributed by atoms with Gasteiger partial charge in [-0.15, -0.1) is 0 Å². The molecule has 0 saturated heterocycles. The Balaban J connectivity index is 2.35. The van der Waals surface area contributed by atoms with Gasteiger partial charge in [0.1, 0.15) is 0 Å². The molecule has 0 spiro atoms. The smallest absolute Gasteiger partial charge is 0.393 e. The largest absolute Gasteiger partial charge is 0.401 e. The van der Waals surface area contributed by atoms with Crippen LogP contribution in [-0.4, -0.2) is 35.2 Å². The first kappa shape index (κ1) is 11.7. The van der Waals surface area contributed by atoms with E-state index in [0.717, 1.165) is 12.8 Å². The molecule has 6 heteroatoms. The highest BCUT2D eigenvalue weighted by Gasteiger charge is 2.37. The van der Waals surface area contributed by atoms with Crippen molar-refractivity contribution in [2.24, 2.45) is 5.73 Å². The van der Waals surface area contributed by atoms with E-state index in [4.69, 9.17) is 5.73 Å². The van der Waals surface area contributed by atoms with Crippen LogP contribution >= 0.6 is 12.2 Å². The fourth-order valence-electron chi connectivity index (χ4n) is 1.31. The fourth-order valence-corrected chi connectivity index (χ4v) is 1.41. The van der Waals surface area contributed by atoms with Gasteiger partial charge >= 0.3 is 6.18 Å². The van der Waals surface area contributed by atoms with Gasteiger partial charge in [0.25, 0.3) is 0 Å². The SMILES string of the molecule is NC(=S)CCN(CC(F)(F)F)C1CC1. The lowest BCUT2D eigenvalue weighted by molar-refractivity contribution is -0.146. The standard InChI is InChI=1S/C8H13F3N2S/c9-8(10,11)5-13(6-1-2-6)4-3-7(12)14/h6H,1-5H2,(H2,12,14). The van der Waals surface area contributed by atoms with Gasteiger partial charge < -0.3 is 5.73 Å². The first-order chi connectivity index (χ1) is 6.38. The number of thiocarbonyl (C=S) groups is 1. The minimum absolute atomic E-state index is 0.0889. The molecule has 1 saturated carbocycles. The Kier molecular flexibility index (Phi) is 3.71. The van der Waals surface area contributed by atoms with Crippen molar-refractivity contribution in [1.82, 2.24) is 4.90 Å². The monoisotopic (exact) mass is 226 g/mol. The van der Waals surface area contributed by atoms with Crippen LogP contribution in [0.15, 0.2) is 0 Å². The molecule has 82 valence electrons. The summed E-state index contributed by atoms with van der Waals surface area (Å²) in [4.78, 5) is 1.69. The highest BCUT2D eigenvalue weighted by molar-refractivity contribution is 7.80. The number of hydrogen-bond acceptors (Lipinski definition) is 2. The van der Waals surface area contributed by atoms with Crippen LogP contribution in [0.25, 0.3) is 0 Å². The van der Waals surface area contributed by atoms with Crippen molar-refractivity contribution in [3.63, 3.8) is 0 Å². The quantitative estimate of drug-likeness (QED) is 0.723. The molecule has 0 aromatic carbocycles. The summed E-state index contributed by atoms with van der Waals surface area (Å²) in [6.45, 7) is -0.528. The molecule has 0 bridgehead atoms. The van der Waals surface area contributed by atoms with E-state index in [9.17, 15) is 13.2 Å². The van der Waals surface area contributed by atoms with E-state index in [2.05, 4.69) is 12.2 Å². The summed E-state index contributed by atoms with van der Waals surface area (Å²) < 4.78 is 36.3. The van der Waals surface area contributed by atoms with Gasteiger partial charge in [-0.1, -0.05) is 12.2 Å². The van der Waals surface area contributed by atoms with Gasteiger partial charge in [0, 0.05) is 19.0 Å². The minimum Gasteiger partial charge on any atom is -0.393 e. The van der Waals surface area contributed by atoms with Gasteiger partial charge in [-0.3, -0.25) is 4.90 Å². The third-order valence-electron chi connectivity index (χ3n) is 2.09. The third kappa shape index (κ3) is 4.76. The van der Waals surface area contributed by atoms with E-state index in [-0.39, 0.29) is 11.0 Å². The van der Waals surface area contributed by atoms with Crippen molar-refractivity contribution in [3.05, 3.63) is 0 Å². The predicted octanol–water partition coefficient (Wildman–Crippen LogP) is 1.69. The van der Waals surface area contributed by atoms with E-state index < -0.39 is 12.7 Å².